The van der Waals surface area contributed by atoms with E-state index in [-0.39, 0.29) is 30.6 Å². The largest absolute Gasteiger partial charge is 0.467 e. The molecule has 0 aromatic heterocycles. The number of rotatable bonds is 9. The molecule has 0 N–H and O–H groups in total. The summed E-state index contributed by atoms with van der Waals surface area (Å²) >= 11 is 0. The zero-order chi connectivity index (χ0) is 24.0. The fraction of sp³-hybridized carbons (Fsp3) is 0.318. The topological polar surface area (TPSA) is 125 Å². The summed E-state index contributed by atoms with van der Waals surface area (Å²) in [7, 11) is -3.56. The third kappa shape index (κ3) is 5.75. The van der Waals surface area contributed by atoms with Crippen LogP contribution in [0.25, 0.3) is 6.08 Å². The van der Waals surface area contributed by atoms with E-state index in [1.807, 2.05) is 0 Å². The molecule has 0 amide bonds. The van der Waals surface area contributed by atoms with Crippen LogP contribution in [0.4, 0.5) is 5.69 Å². The van der Waals surface area contributed by atoms with Crippen LogP contribution < -0.4 is 4.74 Å². The molecular weight excluding hydrogens is 452 g/mol. The van der Waals surface area contributed by atoms with Gasteiger partial charge in [-0.2, -0.15) is 4.31 Å². The Hall–Kier alpha value is -3.28. The lowest BCUT2D eigenvalue weighted by molar-refractivity contribution is -0.385. The molecule has 1 heterocycles. The van der Waals surface area contributed by atoms with E-state index in [1.54, 1.807) is 26.0 Å². The zero-order valence-electron chi connectivity index (χ0n) is 18.2. The summed E-state index contributed by atoms with van der Waals surface area (Å²) in [5.74, 6) is -0.254. The van der Waals surface area contributed by atoms with Crippen LogP contribution >= 0.6 is 0 Å². The van der Waals surface area contributed by atoms with Crippen molar-refractivity contribution >= 4 is 27.8 Å². The molecular formula is C22H24N2O8S. The second-order valence-corrected chi connectivity index (χ2v) is 9.00. The number of sulfonamides is 1. The number of non-ortho nitro benzene ring substituents is 1. The van der Waals surface area contributed by atoms with Crippen molar-refractivity contribution in [3.8, 4) is 5.75 Å². The number of nitrogens with zero attached hydrogens (tertiary/aromatic N) is 2. The van der Waals surface area contributed by atoms with Crippen molar-refractivity contribution in [3.63, 3.8) is 0 Å². The molecule has 0 aliphatic carbocycles. The molecule has 0 saturated heterocycles. The monoisotopic (exact) mass is 476 g/mol. The molecule has 3 rings (SSSR count). The van der Waals surface area contributed by atoms with Crippen molar-refractivity contribution < 1.29 is 32.3 Å². The maximum Gasteiger partial charge on any atom is 0.331 e. The van der Waals surface area contributed by atoms with E-state index in [2.05, 4.69) is 0 Å². The number of hydrogen-bond acceptors (Lipinski definition) is 8. The van der Waals surface area contributed by atoms with Crippen molar-refractivity contribution in [2.24, 2.45) is 0 Å². The Kier molecular flexibility index (Phi) is 7.79. The van der Waals surface area contributed by atoms with Crippen molar-refractivity contribution in [1.82, 2.24) is 4.31 Å². The molecule has 176 valence electrons. The fourth-order valence-electron chi connectivity index (χ4n) is 3.32. The van der Waals surface area contributed by atoms with Gasteiger partial charge in [-0.3, -0.25) is 10.1 Å². The van der Waals surface area contributed by atoms with Gasteiger partial charge in [-0.25, -0.2) is 13.2 Å². The Balaban J connectivity index is 1.67. The summed E-state index contributed by atoms with van der Waals surface area (Å²) in [6.45, 7) is 4.24. The predicted octanol–water partition coefficient (Wildman–Crippen LogP) is 3.25. The highest BCUT2D eigenvalue weighted by Crippen LogP contribution is 2.33. The SMILES string of the molecule is CCN(CC)S(=O)(=O)c1ccc(/C=C/C(=O)OCc2cc([N+](=O)[O-])cc3c2OCOC3)cc1. The Morgan fingerprint density at radius 3 is 2.55 bits per heavy atom. The van der Waals surface area contributed by atoms with E-state index in [0.717, 1.165) is 0 Å². The lowest BCUT2D eigenvalue weighted by Crippen LogP contribution is -2.30. The second kappa shape index (κ2) is 10.6. The van der Waals surface area contributed by atoms with Gasteiger partial charge in [0.25, 0.3) is 5.69 Å². The normalized spacial score (nSPS) is 13.5. The maximum absolute atomic E-state index is 12.5. The lowest BCUT2D eigenvalue weighted by atomic mass is 10.1. The van der Waals surface area contributed by atoms with Crippen molar-refractivity contribution in [2.45, 2.75) is 32.0 Å². The van der Waals surface area contributed by atoms with Gasteiger partial charge in [-0.15, -0.1) is 0 Å². The number of nitro groups is 1. The third-order valence-electron chi connectivity index (χ3n) is 4.99. The number of carbonyl (C=O) groups is 1. The Morgan fingerprint density at radius 2 is 1.91 bits per heavy atom. The molecule has 0 bridgehead atoms. The van der Waals surface area contributed by atoms with E-state index in [4.69, 9.17) is 14.2 Å². The van der Waals surface area contributed by atoms with E-state index >= 15 is 0 Å². The number of ether oxygens (including phenoxy) is 3. The number of hydrogen-bond donors (Lipinski definition) is 0. The highest BCUT2D eigenvalue weighted by atomic mass is 32.2. The molecule has 11 heteroatoms. The van der Waals surface area contributed by atoms with Crippen LogP contribution in [-0.4, -0.2) is 43.5 Å². The van der Waals surface area contributed by atoms with Gasteiger partial charge in [-0.1, -0.05) is 26.0 Å². The minimum absolute atomic E-state index is 0.00560. The molecule has 0 atom stereocenters. The van der Waals surface area contributed by atoms with Gasteiger partial charge in [0.2, 0.25) is 10.0 Å². The summed E-state index contributed by atoms with van der Waals surface area (Å²) in [5, 5.41) is 11.2. The fourth-order valence-corrected chi connectivity index (χ4v) is 4.78. The van der Waals surface area contributed by atoms with E-state index in [9.17, 15) is 23.3 Å². The molecule has 2 aromatic rings. The quantitative estimate of drug-likeness (QED) is 0.234. The summed E-state index contributed by atoms with van der Waals surface area (Å²) < 4.78 is 42.2. The molecule has 2 aromatic carbocycles. The van der Waals surface area contributed by atoms with Gasteiger partial charge in [-0.05, 0) is 23.8 Å². The molecule has 0 radical (unpaired) electrons. The molecule has 1 aliphatic heterocycles. The first-order valence-electron chi connectivity index (χ1n) is 10.2. The molecule has 10 nitrogen and oxygen atoms in total. The van der Waals surface area contributed by atoms with Crippen LogP contribution in [0.3, 0.4) is 0 Å². The first-order chi connectivity index (χ1) is 15.8. The van der Waals surface area contributed by atoms with E-state index in [0.29, 0.717) is 35.5 Å². The molecule has 0 fully saturated rings. The number of esters is 1. The first kappa shape index (κ1) is 24.4. The van der Waals surface area contributed by atoms with Gasteiger partial charge < -0.3 is 14.2 Å². The van der Waals surface area contributed by atoms with Crippen molar-refractivity contribution in [3.05, 3.63) is 69.3 Å². The number of benzene rings is 2. The van der Waals surface area contributed by atoms with Gasteiger partial charge in [0.1, 0.15) is 12.4 Å². The Bertz CT molecular complexity index is 1160. The van der Waals surface area contributed by atoms with Crippen LogP contribution in [-0.2, 0) is 37.5 Å². The average Bonchev–Trinajstić information content (AvgIpc) is 2.81. The van der Waals surface area contributed by atoms with E-state index in [1.165, 1.54) is 40.7 Å². The summed E-state index contributed by atoms with van der Waals surface area (Å²) in [6.07, 6.45) is 2.69. The molecule has 1 aliphatic rings. The summed E-state index contributed by atoms with van der Waals surface area (Å²) in [6, 6.07) is 8.80. The number of fused-ring (bicyclic) bond motifs is 1. The van der Waals surface area contributed by atoms with Crippen molar-refractivity contribution in [2.75, 3.05) is 19.9 Å². The standard InChI is InChI=1S/C22H24N2O8S/c1-3-23(4-2)33(28,29)20-8-5-16(6-9-20)7-10-21(25)31-14-18-12-19(24(26)27)11-17-13-30-15-32-22(17)18/h5-12H,3-4,13-15H2,1-2H3/b10-7+. The first-order valence-corrected chi connectivity index (χ1v) is 11.7. The molecule has 0 unspecified atom stereocenters. The van der Waals surface area contributed by atoms with Crippen LogP contribution in [0, 0.1) is 10.1 Å². The van der Waals surface area contributed by atoms with Gasteiger partial charge >= 0.3 is 5.97 Å². The van der Waals surface area contributed by atoms with Crippen LogP contribution in [0.5, 0.6) is 5.75 Å². The second-order valence-electron chi connectivity index (χ2n) is 7.06. The minimum atomic E-state index is -3.56. The average molecular weight is 477 g/mol. The zero-order valence-corrected chi connectivity index (χ0v) is 19.0. The minimum Gasteiger partial charge on any atom is -0.467 e. The smallest absolute Gasteiger partial charge is 0.331 e. The summed E-state index contributed by atoms with van der Waals surface area (Å²) in [5.41, 5.74) is 1.34. The predicted molar refractivity (Wildman–Crippen MR) is 119 cm³/mol. The van der Waals surface area contributed by atoms with Crippen LogP contribution in [0.2, 0.25) is 0 Å². The highest BCUT2D eigenvalue weighted by Gasteiger charge is 2.22. The van der Waals surface area contributed by atoms with Gasteiger partial charge in [0.05, 0.1) is 16.4 Å². The molecule has 33 heavy (non-hydrogen) atoms. The Morgan fingerprint density at radius 1 is 1.21 bits per heavy atom. The molecule has 0 spiro atoms. The maximum atomic E-state index is 12.5. The van der Waals surface area contributed by atoms with E-state index < -0.39 is 20.9 Å². The summed E-state index contributed by atoms with van der Waals surface area (Å²) in [4.78, 5) is 23.0. The third-order valence-corrected chi connectivity index (χ3v) is 7.05. The molecule has 0 saturated carbocycles. The number of nitro benzene ring substituents is 1. The number of carbonyl (C=O) groups excluding carboxylic acids is 1. The van der Waals surface area contributed by atoms with Gasteiger partial charge in [0, 0.05) is 42.4 Å². The van der Waals surface area contributed by atoms with Crippen LogP contribution in [0.15, 0.2) is 47.4 Å². The van der Waals surface area contributed by atoms with Crippen LogP contribution in [0.1, 0.15) is 30.5 Å². The lowest BCUT2D eigenvalue weighted by Gasteiger charge is -2.20. The highest BCUT2D eigenvalue weighted by molar-refractivity contribution is 7.89. The van der Waals surface area contributed by atoms with Gasteiger partial charge in [0.15, 0.2) is 6.79 Å². The van der Waals surface area contributed by atoms with Crippen molar-refractivity contribution in [1.29, 1.82) is 0 Å². The Labute approximate surface area is 191 Å².